The molecule has 1 aromatic rings. The number of hydrogen-bond donors (Lipinski definition) is 1. The number of nitrogens with one attached hydrogen (secondary N) is 1. The fourth-order valence-electron chi connectivity index (χ4n) is 1.25. The van der Waals surface area contributed by atoms with Gasteiger partial charge in [0.15, 0.2) is 0 Å². The molecule has 0 unspecified atom stereocenters. The van der Waals surface area contributed by atoms with Gasteiger partial charge < -0.3 is 4.74 Å². The highest BCUT2D eigenvalue weighted by atomic mass is 35.5. The van der Waals surface area contributed by atoms with E-state index in [9.17, 15) is 8.42 Å². The van der Waals surface area contributed by atoms with E-state index in [0.717, 1.165) is 0 Å². The van der Waals surface area contributed by atoms with Crippen LogP contribution in [0.25, 0.3) is 0 Å². The van der Waals surface area contributed by atoms with Gasteiger partial charge >= 0.3 is 0 Å². The Labute approximate surface area is 117 Å². The molecule has 0 saturated heterocycles. The average molecular weight is 312 g/mol. The van der Waals surface area contributed by atoms with Crippen LogP contribution >= 0.6 is 23.2 Å². The first-order valence-corrected chi connectivity index (χ1v) is 7.85. The van der Waals surface area contributed by atoms with Crippen molar-refractivity contribution in [3.63, 3.8) is 0 Å². The predicted molar refractivity (Wildman–Crippen MR) is 72.8 cm³/mol. The molecule has 0 fully saturated rings. The predicted octanol–water partition coefficient (Wildman–Crippen LogP) is 2.26. The molecule has 0 aliphatic heterocycles. The average Bonchev–Trinajstić information content (AvgIpc) is 2.33. The molecule has 0 aliphatic rings. The summed E-state index contributed by atoms with van der Waals surface area (Å²) in [5, 5.41) is 0.392. The molecule has 0 amide bonds. The molecule has 0 saturated carbocycles. The van der Waals surface area contributed by atoms with E-state index in [4.69, 9.17) is 27.9 Å². The zero-order valence-corrected chi connectivity index (χ0v) is 12.1. The first kappa shape index (κ1) is 15.7. The van der Waals surface area contributed by atoms with Crippen LogP contribution in [0.3, 0.4) is 0 Å². The van der Waals surface area contributed by atoms with Crippen LogP contribution in [0.1, 0.15) is 6.42 Å². The minimum Gasteiger partial charge on any atom is -0.380 e. The van der Waals surface area contributed by atoms with Crippen molar-refractivity contribution in [2.45, 2.75) is 11.3 Å². The first-order valence-electron chi connectivity index (χ1n) is 5.45. The van der Waals surface area contributed by atoms with Gasteiger partial charge in [-0.15, -0.1) is 11.6 Å². The maximum Gasteiger partial charge on any atom is 0.240 e. The zero-order chi connectivity index (χ0) is 13.4. The van der Waals surface area contributed by atoms with Gasteiger partial charge in [-0.05, 0) is 24.6 Å². The number of sulfonamides is 1. The number of rotatable bonds is 8. The molecule has 0 aromatic heterocycles. The van der Waals surface area contributed by atoms with E-state index in [-0.39, 0.29) is 4.90 Å². The first-order chi connectivity index (χ1) is 8.56. The quantitative estimate of drug-likeness (QED) is 0.592. The second-order valence-corrected chi connectivity index (χ2v) is 6.09. The van der Waals surface area contributed by atoms with E-state index in [0.29, 0.717) is 37.1 Å². The van der Waals surface area contributed by atoms with Gasteiger partial charge in [0.05, 0.1) is 11.5 Å². The molecule has 0 aliphatic carbocycles. The number of ether oxygens (including phenoxy) is 1. The maximum atomic E-state index is 11.8. The highest BCUT2D eigenvalue weighted by Gasteiger charge is 2.12. The minimum atomic E-state index is -3.49. The molecule has 102 valence electrons. The summed E-state index contributed by atoms with van der Waals surface area (Å²) in [6, 6.07) is 6.13. The third-order valence-electron chi connectivity index (χ3n) is 2.09. The van der Waals surface area contributed by atoms with Crippen LogP contribution in [-0.2, 0) is 14.8 Å². The number of halogens is 2. The van der Waals surface area contributed by atoms with Gasteiger partial charge in [0, 0.05) is 24.1 Å². The molecule has 1 N–H and O–H groups in total. The Bertz CT molecular complexity index is 465. The summed E-state index contributed by atoms with van der Waals surface area (Å²) in [5.41, 5.74) is 0. The van der Waals surface area contributed by atoms with Gasteiger partial charge in [0.1, 0.15) is 0 Å². The smallest absolute Gasteiger partial charge is 0.240 e. The standard InChI is InChI=1S/C11H15Cl2NO3S/c12-5-8-17-7-2-6-14-18(15,16)11-4-1-3-10(13)9-11/h1,3-4,9,14H,2,5-8H2. The fourth-order valence-corrected chi connectivity index (χ4v) is 2.74. The topological polar surface area (TPSA) is 55.4 Å². The van der Waals surface area contributed by atoms with Crippen molar-refractivity contribution in [3.8, 4) is 0 Å². The minimum absolute atomic E-state index is 0.164. The van der Waals surface area contributed by atoms with E-state index in [2.05, 4.69) is 4.72 Å². The van der Waals surface area contributed by atoms with Crippen LogP contribution in [0.2, 0.25) is 5.02 Å². The Morgan fingerprint density at radius 2 is 2.06 bits per heavy atom. The Morgan fingerprint density at radius 3 is 2.72 bits per heavy atom. The normalized spacial score (nSPS) is 11.7. The van der Waals surface area contributed by atoms with Crippen LogP contribution in [0, 0.1) is 0 Å². The number of hydrogen-bond acceptors (Lipinski definition) is 3. The molecule has 4 nitrogen and oxygen atoms in total. The lowest BCUT2D eigenvalue weighted by atomic mass is 10.4. The van der Waals surface area contributed by atoms with Crippen molar-refractivity contribution in [3.05, 3.63) is 29.3 Å². The molecule has 0 atom stereocenters. The molecule has 1 aromatic carbocycles. The second kappa shape index (κ2) is 7.96. The summed E-state index contributed by atoms with van der Waals surface area (Å²) < 4.78 is 31.3. The van der Waals surface area contributed by atoms with Crippen LogP contribution in [0.4, 0.5) is 0 Å². The Morgan fingerprint density at radius 1 is 1.28 bits per heavy atom. The lowest BCUT2D eigenvalue weighted by molar-refractivity contribution is 0.147. The van der Waals surface area contributed by atoms with E-state index in [1.807, 2.05) is 0 Å². The van der Waals surface area contributed by atoms with Crippen molar-refractivity contribution in [2.24, 2.45) is 0 Å². The van der Waals surface area contributed by atoms with Crippen molar-refractivity contribution < 1.29 is 13.2 Å². The molecule has 0 bridgehead atoms. The summed E-state index contributed by atoms with van der Waals surface area (Å²) >= 11 is 11.2. The molecule has 18 heavy (non-hydrogen) atoms. The highest BCUT2D eigenvalue weighted by molar-refractivity contribution is 7.89. The van der Waals surface area contributed by atoms with E-state index >= 15 is 0 Å². The lowest BCUT2D eigenvalue weighted by Gasteiger charge is -2.07. The van der Waals surface area contributed by atoms with Gasteiger partial charge in [-0.2, -0.15) is 0 Å². The van der Waals surface area contributed by atoms with Crippen LogP contribution in [0.15, 0.2) is 29.2 Å². The summed E-state index contributed by atoms with van der Waals surface area (Å²) in [6.07, 6.45) is 0.594. The van der Waals surface area contributed by atoms with Gasteiger partial charge in [-0.25, -0.2) is 13.1 Å². The third kappa shape index (κ3) is 5.54. The van der Waals surface area contributed by atoms with Gasteiger partial charge in [-0.1, -0.05) is 17.7 Å². The van der Waals surface area contributed by atoms with Crippen molar-refractivity contribution in [1.29, 1.82) is 0 Å². The molecular formula is C11H15Cl2NO3S. The number of benzene rings is 1. The molecule has 0 spiro atoms. The van der Waals surface area contributed by atoms with Crippen LogP contribution in [-0.4, -0.2) is 34.1 Å². The Hall–Kier alpha value is -0.330. The third-order valence-corrected chi connectivity index (χ3v) is 3.93. The largest absolute Gasteiger partial charge is 0.380 e. The second-order valence-electron chi connectivity index (χ2n) is 3.51. The molecule has 0 radical (unpaired) electrons. The summed E-state index contributed by atoms with van der Waals surface area (Å²) in [6.45, 7) is 1.27. The summed E-state index contributed by atoms with van der Waals surface area (Å²) in [5.74, 6) is 0.439. The fraction of sp³-hybridized carbons (Fsp3) is 0.455. The Balaban J connectivity index is 2.41. The molecular weight excluding hydrogens is 297 g/mol. The van der Waals surface area contributed by atoms with Crippen LogP contribution in [0.5, 0.6) is 0 Å². The van der Waals surface area contributed by atoms with Crippen LogP contribution < -0.4 is 4.72 Å². The number of alkyl halides is 1. The lowest BCUT2D eigenvalue weighted by Crippen LogP contribution is -2.25. The maximum absolute atomic E-state index is 11.8. The summed E-state index contributed by atoms with van der Waals surface area (Å²) in [7, 11) is -3.49. The monoisotopic (exact) mass is 311 g/mol. The van der Waals surface area contributed by atoms with Crippen molar-refractivity contribution >= 4 is 33.2 Å². The van der Waals surface area contributed by atoms with E-state index < -0.39 is 10.0 Å². The summed E-state index contributed by atoms with van der Waals surface area (Å²) in [4.78, 5) is 0.164. The van der Waals surface area contributed by atoms with E-state index in [1.165, 1.54) is 12.1 Å². The van der Waals surface area contributed by atoms with Gasteiger partial charge in [0.2, 0.25) is 10.0 Å². The zero-order valence-electron chi connectivity index (χ0n) is 9.73. The van der Waals surface area contributed by atoms with Gasteiger partial charge in [-0.3, -0.25) is 0 Å². The SMILES string of the molecule is O=S(=O)(NCCCOCCCl)c1cccc(Cl)c1. The highest BCUT2D eigenvalue weighted by Crippen LogP contribution is 2.14. The molecule has 7 heteroatoms. The molecule has 0 heterocycles. The van der Waals surface area contributed by atoms with Gasteiger partial charge in [0.25, 0.3) is 0 Å². The van der Waals surface area contributed by atoms with Crippen molar-refractivity contribution in [1.82, 2.24) is 4.72 Å². The van der Waals surface area contributed by atoms with Crippen molar-refractivity contribution in [2.75, 3.05) is 25.6 Å². The Kier molecular flexibility index (Phi) is 6.96. The molecule has 1 rings (SSSR count). The van der Waals surface area contributed by atoms with E-state index in [1.54, 1.807) is 12.1 Å².